The van der Waals surface area contributed by atoms with Crippen LogP contribution in [0.25, 0.3) is 154 Å². The molecule has 2 heteroatoms. The van der Waals surface area contributed by atoms with E-state index in [1.54, 1.807) is 24.3 Å². The molecule has 2 aliphatic carbocycles. The van der Waals surface area contributed by atoms with Crippen molar-refractivity contribution in [3.63, 3.8) is 0 Å². The van der Waals surface area contributed by atoms with Crippen molar-refractivity contribution in [2.45, 2.75) is 0 Å². The van der Waals surface area contributed by atoms with Crippen molar-refractivity contribution in [1.29, 1.82) is 0 Å². The summed E-state index contributed by atoms with van der Waals surface area (Å²) in [4.78, 5) is 0. The van der Waals surface area contributed by atoms with Gasteiger partial charge in [0.2, 0.25) is 0 Å². The lowest BCUT2D eigenvalue weighted by atomic mass is 9.82. The van der Waals surface area contributed by atoms with Gasteiger partial charge in [0.05, 0.1) is 0 Å². The Morgan fingerprint density at radius 1 is 0.197 bits per heavy atom. The van der Waals surface area contributed by atoms with E-state index < -0.39 is 0 Å². The maximum Gasteiger partial charge on any atom is 0.131 e. The molecule has 0 amide bonds. The first-order chi connectivity index (χ1) is 32.6. The van der Waals surface area contributed by atoms with Crippen LogP contribution >= 0.6 is 0 Å². The van der Waals surface area contributed by atoms with Gasteiger partial charge in [0.25, 0.3) is 0 Å². The molecule has 13 aromatic carbocycles. The number of hydrogen-bond donors (Lipinski definition) is 0. The van der Waals surface area contributed by atoms with Crippen molar-refractivity contribution < 1.29 is 8.78 Å². The summed E-state index contributed by atoms with van der Waals surface area (Å²) in [5.74, 6) is -0.478. The topological polar surface area (TPSA) is 0 Å². The van der Waals surface area contributed by atoms with Gasteiger partial charge in [0.15, 0.2) is 0 Å². The van der Waals surface area contributed by atoms with Crippen LogP contribution in [0.3, 0.4) is 0 Å². The van der Waals surface area contributed by atoms with Crippen LogP contribution in [0.5, 0.6) is 0 Å². The molecule has 0 aliphatic heterocycles. The molecule has 66 heavy (non-hydrogen) atoms. The van der Waals surface area contributed by atoms with E-state index in [1.165, 1.54) is 93.0 Å². The molecule has 304 valence electrons. The Kier molecular flexibility index (Phi) is 7.11. The molecule has 13 aromatic rings. The van der Waals surface area contributed by atoms with Crippen LogP contribution in [0, 0.1) is 11.6 Å². The van der Waals surface area contributed by atoms with Crippen LogP contribution in [-0.2, 0) is 0 Å². The van der Waals surface area contributed by atoms with Crippen LogP contribution in [0.15, 0.2) is 206 Å². The maximum absolute atomic E-state index is 16.3. The van der Waals surface area contributed by atoms with Crippen LogP contribution in [0.4, 0.5) is 8.78 Å². The highest BCUT2D eigenvalue weighted by Crippen LogP contribution is 2.63. The zero-order valence-corrected chi connectivity index (χ0v) is 35.4. The third kappa shape index (κ3) is 4.55. The number of fused-ring (bicyclic) bond motifs is 10. The summed E-state index contributed by atoms with van der Waals surface area (Å²) in [6.07, 6.45) is 0. The first-order valence-corrected chi connectivity index (χ1v) is 22.6. The fourth-order valence-electron chi connectivity index (χ4n) is 12.3. The van der Waals surface area contributed by atoms with Gasteiger partial charge in [-0.15, -0.1) is 0 Å². The largest absolute Gasteiger partial charge is 0.207 e. The minimum Gasteiger partial charge on any atom is -0.207 e. The molecule has 0 heterocycles. The van der Waals surface area contributed by atoms with Crippen molar-refractivity contribution in [3.05, 3.63) is 218 Å². The van der Waals surface area contributed by atoms with E-state index in [4.69, 9.17) is 0 Å². The Labute approximate surface area is 378 Å². The molecule has 0 saturated heterocycles. The number of benzene rings is 13. The molecule has 0 nitrogen and oxygen atoms in total. The third-order valence-corrected chi connectivity index (χ3v) is 14.8. The van der Waals surface area contributed by atoms with E-state index in [-0.39, 0.29) is 11.6 Å². The fraction of sp³-hybridized carbons (Fsp3) is 0. The van der Waals surface area contributed by atoms with Crippen molar-refractivity contribution in [2.75, 3.05) is 0 Å². The molecule has 0 atom stereocenters. The Morgan fingerprint density at radius 3 is 0.939 bits per heavy atom. The summed E-state index contributed by atoms with van der Waals surface area (Å²) in [5.41, 5.74) is 17.7. The molecule has 0 bridgehead atoms. The molecule has 0 saturated carbocycles. The van der Waals surface area contributed by atoms with Gasteiger partial charge in [0, 0.05) is 11.1 Å². The van der Waals surface area contributed by atoms with Crippen LogP contribution in [0.1, 0.15) is 0 Å². The van der Waals surface area contributed by atoms with Gasteiger partial charge >= 0.3 is 0 Å². The Hall–Kier alpha value is -8.46. The molecule has 0 aromatic heterocycles. The highest BCUT2D eigenvalue weighted by Gasteiger charge is 2.35. The van der Waals surface area contributed by atoms with Gasteiger partial charge in [-0.25, -0.2) is 8.78 Å². The summed E-state index contributed by atoms with van der Waals surface area (Å²) in [6.45, 7) is 0. The highest BCUT2D eigenvalue weighted by atomic mass is 19.1. The van der Waals surface area contributed by atoms with Gasteiger partial charge in [-0.05, 0) is 161 Å². The molecule has 0 fully saturated rings. The number of rotatable bonds is 4. The number of halogens is 2. The molecule has 0 spiro atoms. The fourth-order valence-corrected chi connectivity index (χ4v) is 12.3. The molecule has 15 rings (SSSR count). The zero-order chi connectivity index (χ0) is 43.4. The second kappa shape index (κ2) is 13.1. The van der Waals surface area contributed by atoms with Crippen LogP contribution in [0.2, 0.25) is 0 Å². The maximum atomic E-state index is 16.3. The molecule has 0 N–H and O–H groups in total. The van der Waals surface area contributed by atoms with E-state index in [9.17, 15) is 4.39 Å². The normalized spacial score (nSPS) is 12.4. The third-order valence-electron chi connectivity index (χ3n) is 14.8. The predicted octanol–water partition coefficient (Wildman–Crippen LogP) is 18.3. The summed E-state index contributed by atoms with van der Waals surface area (Å²) in [6, 6.07) is 71.6. The van der Waals surface area contributed by atoms with Crippen molar-refractivity contribution in [3.8, 4) is 89.0 Å². The standard InChI is InChI=1S/C64H34F2/c65-38-25-23-37(24-26-38)55-40-18-8-7-17-39(40)53(35-13-3-1-4-14-35)61-48-31-27-43-45-29-33-50-60-51(34-30-46(57(45)60)44-28-32-49(62(55)61)59(48)56(43)44)64-58(47-21-11-12-22-52(47)66)42-20-10-9-19-41(42)54(63(50)64)36-15-5-2-6-16-36/h1-34H. The summed E-state index contributed by atoms with van der Waals surface area (Å²) in [5, 5.41) is 14.2. The Balaban J connectivity index is 1.08. The lowest BCUT2D eigenvalue weighted by Gasteiger charge is -2.20. The summed E-state index contributed by atoms with van der Waals surface area (Å²) < 4.78 is 30.9. The highest BCUT2D eigenvalue weighted by molar-refractivity contribution is 6.42. The van der Waals surface area contributed by atoms with Gasteiger partial charge < -0.3 is 0 Å². The quantitative estimate of drug-likeness (QED) is 0.122. The Morgan fingerprint density at radius 2 is 0.530 bits per heavy atom. The van der Waals surface area contributed by atoms with Crippen molar-refractivity contribution in [1.82, 2.24) is 0 Å². The average molecular weight is 841 g/mol. The molecule has 0 radical (unpaired) electrons. The molecular formula is C64H34F2. The smallest absolute Gasteiger partial charge is 0.131 e. The van der Waals surface area contributed by atoms with E-state index in [2.05, 4.69) is 158 Å². The average Bonchev–Trinajstić information content (AvgIpc) is 3.88. The Bertz CT molecular complexity index is 4240. The minimum atomic E-state index is -0.248. The minimum absolute atomic E-state index is 0.229. The van der Waals surface area contributed by atoms with Crippen molar-refractivity contribution in [2.24, 2.45) is 0 Å². The van der Waals surface area contributed by atoms with Crippen LogP contribution < -0.4 is 0 Å². The number of hydrogen-bond acceptors (Lipinski definition) is 0. The van der Waals surface area contributed by atoms with Crippen LogP contribution in [-0.4, -0.2) is 0 Å². The first-order valence-electron chi connectivity index (χ1n) is 22.6. The van der Waals surface area contributed by atoms with E-state index in [0.29, 0.717) is 5.56 Å². The second-order valence-electron chi connectivity index (χ2n) is 18.0. The monoisotopic (exact) mass is 840 g/mol. The summed E-state index contributed by atoms with van der Waals surface area (Å²) >= 11 is 0. The van der Waals surface area contributed by atoms with E-state index >= 15 is 4.39 Å². The predicted molar refractivity (Wildman–Crippen MR) is 273 cm³/mol. The van der Waals surface area contributed by atoms with Gasteiger partial charge in [-0.2, -0.15) is 0 Å². The molecular weight excluding hydrogens is 807 g/mol. The first kappa shape index (κ1) is 35.9. The summed E-state index contributed by atoms with van der Waals surface area (Å²) in [7, 11) is 0. The van der Waals surface area contributed by atoms with Gasteiger partial charge in [0.1, 0.15) is 11.6 Å². The molecule has 2 aliphatic rings. The second-order valence-corrected chi connectivity index (χ2v) is 18.0. The molecule has 0 unspecified atom stereocenters. The zero-order valence-electron chi connectivity index (χ0n) is 35.4. The van der Waals surface area contributed by atoms with E-state index in [1.807, 2.05) is 24.3 Å². The van der Waals surface area contributed by atoms with Gasteiger partial charge in [-0.1, -0.05) is 188 Å². The lowest BCUT2D eigenvalue weighted by Crippen LogP contribution is -1.95. The lowest BCUT2D eigenvalue weighted by molar-refractivity contribution is 0.628. The van der Waals surface area contributed by atoms with E-state index in [0.717, 1.165) is 55.1 Å². The van der Waals surface area contributed by atoms with Crippen molar-refractivity contribution >= 4 is 64.6 Å². The SMILES string of the molecule is Fc1ccc(-c2c3c(c(-c4ccccc4)c4ccccc24)-c2ccc4c5ccc6c7c(ccc(c8ccc-3c2c48)c75)-c2c-6c(-c3ccccc3)c3ccccc3c2-c2ccccc2F)cc1. The van der Waals surface area contributed by atoms with Gasteiger partial charge in [-0.3, -0.25) is 0 Å².